The lowest BCUT2D eigenvalue weighted by molar-refractivity contribution is -0.194. The van der Waals surface area contributed by atoms with Crippen molar-refractivity contribution in [1.82, 2.24) is 4.90 Å². The molecule has 0 spiro atoms. The van der Waals surface area contributed by atoms with Crippen molar-refractivity contribution in [2.24, 2.45) is 5.73 Å². The molecular weight excluding hydrogens is 253 g/mol. The molecule has 3 nitrogen and oxygen atoms in total. The molecule has 0 radical (unpaired) electrons. The minimum atomic E-state index is -4.74. The Balaban J connectivity index is 4.70. The Bertz CT molecular complexity index is 269. The van der Waals surface area contributed by atoms with Gasteiger partial charge in [0.1, 0.15) is 0 Å². The standard InChI is InChI=1S/C10H19F3N2OS/c1-7(5-6-17-4)15(3)8(16)9(2,14)10(11,12)13/h7H,5-6,14H2,1-4H3. The first-order valence-electron chi connectivity index (χ1n) is 5.17. The topological polar surface area (TPSA) is 46.3 Å². The first kappa shape index (κ1) is 16.6. The van der Waals surface area contributed by atoms with Crippen LogP contribution in [0.25, 0.3) is 0 Å². The Labute approximate surface area is 104 Å². The van der Waals surface area contributed by atoms with Gasteiger partial charge in [0.15, 0.2) is 5.54 Å². The number of alkyl halides is 3. The number of hydrogen-bond acceptors (Lipinski definition) is 3. The highest BCUT2D eigenvalue weighted by Gasteiger charge is 2.55. The second kappa shape index (κ2) is 5.95. The predicted octanol–water partition coefficient (Wildman–Crippen LogP) is 1.87. The summed E-state index contributed by atoms with van der Waals surface area (Å²) in [6.07, 6.45) is -2.20. The van der Waals surface area contributed by atoms with Crippen molar-refractivity contribution in [2.45, 2.75) is 38.0 Å². The van der Waals surface area contributed by atoms with Crippen LogP contribution in [0.4, 0.5) is 13.2 Å². The summed E-state index contributed by atoms with van der Waals surface area (Å²) in [6.45, 7) is 2.41. The van der Waals surface area contributed by atoms with Gasteiger partial charge in [-0.15, -0.1) is 0 Å². The van der Waals surface area contributed by atoms with Crippen molar-refractivity contribution >= 4 is 17.7 Å². The van der Waals surface area contributed by atoms with Crippen LogP contribution in [0.5, 0.6) is 0 Å². The summed E-state index contributed by atoms with van der Waals surface area (Å²) in [5.74, 6) is -0.315. The molecule has 2 N–H and O–H groups in total. The monoisotopic (exact) mass is 272 g/mol. The van der Waals surface area contributed by atoms with E-state index in [0.717, 1.165) is 10.7 Å². The SMILES string of the molecule is CSCCC(C)N(C)C(=O)C(C)(N)C(F)(F)F. The summed E-state index contributed by atoms with van der Waals surface area (Å²) >= 11 is 1.58. The van der Waals surface area contributed by atoms with E-state index in [-0.39, 0.29) is 6.04 Å². The average Bonchev–Trinajstić information content (AvgIpc) is 2.21. The summed E-state index contributed by atoms with van der Waals surface area (Å²) in [6, 6.07) is -0.264. The molecule has 2 unspecified atom stereocenters. The summed E-state index contributed by atoms with van der Waals surface area (Å²) in [5, 5.41) is 0. The maximum atomic E-state index is 12.6. The van der Waals surface area contributed by atoms with Crippen molar-refractivity contribution in [2.75, 3.05) is 19.1 Å². The second-order valence-electron chi connectivity index (χ2n) is 4.25. The van der Waals surface area contributed by atoms with Gasteiger partial charge >= 0.3 is 6.18 Å². The summed E-state index contributed by atoms with van der Waals surface area (Å²) < 4.78 is 37.7. The quantitative estimate of drug-likeness (QED) is 0.831. The molecule has 2 atom stereocenters. The van der Waals surface area contributed by atoms with E-state index in [0.29, 0.717) is 13.3 Å². The predicted molar refractivity (Wildman–Crippen MR) is 63.9 cm³/mol. The molecule has 0 fully saturated rings. The van der Waals surface area contributed by atoms with Crippen molar-refractivity contribution < 1.29 is 18.0 Å². The molecule has 0 aliphatic heterocycles. The Kier molecular flexibility index (Phi) is 5.80. The van der Waals surface area contributed by atoms with E-state index in [1.54, 1.807) is 18.7 Å². The van der Waals surface area contributed by atoms with Crippen LogP contribution in [0.3, 0.4) is 0 Å². The number of nitrogens with two attached hydrogens (primary N) is 1. The third-order valence-electron chi connectivity index (χ3n) is 2.75. The number of thioether (sulfide) groups is 1. The zero-order valence-electron chi connectivity index (χ0n) is 10.5. The van der Waals surface area contributed by atoms with Crippen LogP contribution in [0.2, 0.25) is 0 Å². The van der Waals surface area contributed by atoms with E-state index in [1.165, 1.54) is 7.05 Å². The Morgan fingerprint density at radius 3 is 2.29 bits per heavy atom. The number of amides is 1. The fourth-order valence-electron chi connectivity index (χ4n) is 1.17. The van der Waals surface area contributed by atoms with Gasteiger partial charge < -0.3 is 10.6 Å². The molecule has 0 saturated heterocycles. The van der Waals surface area contributed by atoms with Crippen LogP contribution >= 0.6 is 11.8 Å². The summed E-state index contributed by atoms with van der Waals surface area (Å²) in [4.78, 5) is 12.8. The van der Waals surface area contributed by atoms with Crippen LogP contribution in [-0.4, -0.2) is 47.6 Å². The van der Waals surface area contributed by atoms with Crippen LogP contribution in [0.15, 0.2) is 0 Å². The lowest BCUT2D eigenvalue weighted by Gasteiger charge is -2.34. The number of hydrogen-bond donors (Lipinski definition) is 1. The van der Waals surface area contributed by atoms with E-state index < -0.39 is 17.6 Å². The van der Waals surface area contributed by atoms with Gasteiger partial charge in [-0.1, -0.05) is 0 Å². The number of rotatable bonds is 5. The van der Waals surface area contributed by atoms with Gasteiger partial charge in [0.05, 0.1) is 0 Å². The molecule has 1 amide bonds. The zero-order chi connectivity index (χ0) is 13.9. The highest BCUT2D eigenvalue weighted by molar-refractivity contribution is 7.98. The number of carbonyl (C=O) groups is 1. The van der Waals surface area contributed by atoms with E-state index >= 15 is 0 Å². The van der Waals surface area contributed by atoms with Crippen LogP contribution < -0.4 is 5.73 Å². The second-order valence-corrected chi connectivity index (χ2v) is 5.23. The Morgan fingerprint density at radius 1 is 1.47 bits per heavy atom. The molecule has 0 rings (SSSR count). The molecule has 0 aromatic rings. The molecule has 17 heavy (non-hydrogen) atoms. The van der Waals surface area contributed by atoms with Crippen molar-refractivity contribution in [3.8, 4) is 0 Å². The number of likely N-dealkylation sites (N-methyl/N-ethyl adjacent to an activating group) is 1. The first-order chi connectivity index (χ1) is 7.55. The maximum absolute atomic E-state index is 12.6. The van der Waals surface area contributed by atoms with Crippen LogP contribution in [0.1, 0.15) is 20.3 Å². The lowest BCUT2D eigenvalue weighted by Crippen LogP contribution is -2.62. The molecule has 0 saturated carbocycles. The Morgan fingerprint density at radius 2 is 1.94 bits per heavy atom. The van der Waals surface area contributed by atoms with E-state index in [4.69, 9.17) is 5.73 Å². The molecule has 102 valence electrons. The van der Waals surface area contributed by atoms with Crippen LogP contribution in [0, 0.1) is 0 Å². The van der Waals surface area contributed by atoms with E-state index in [2.05, 4.69) is 0 Å². The summed E-state index contributed by atoms with van der Waals surface area (Å²) in [7, 11) is 1.35. The lowest BCUT2D eigenvalue weighted by atomic mass is 10.0. The summed E-state index contributed by atoms with van der Waals surface area (Å²) in [5.41, 5.74) is 2.26. The number of nitrogens with zero attached hydrogens (tertiary/aromatic N) is 1. The molecule has 0 aromatic carbocycles. The van der Waals surface area contributed by atoms with Gasteiger partial charge in [-0.25, -0.2) is 0 Å². The van der Waals surface area contributed by atoms with Gasteiger partial charge in [0, 0.05) is 13.1 Å². The largest absolute Gasteiger partial charge is 0.415 e. The normalized spacial score (nSPS) is 17.4. The molecule has 0 aliphatic rings. The molecule has 0 aromatic heterocycles. The van der Waals surface area contributed by atoms with Gasteiger partial charge in [-0.05, 0) is 32.3 Å². The maximum Gasteiger partial charge on any atom is 0.415 e. The van der Waals surface area contributed by atoms with Gasteiger partial charge in [-0.3, -0.25) is 4.79 Å². The fraction of sp³-hybridized carbons (Fsp3) is 0.900. The smallest absolute Gasteiger partial charge is 0.341 e. The first-order valence-corrected chi connectivity index (χ1v) is 6.57. The Hall–Kier alpha value is -0.430. The zero-order valence-corrected chi connectivity index (χ0v) is 11.3. The van der Waals surface area contributed by atoms with Crippen LogP contribution in [-0.2, 0) is 4.79 Å². The van der Waals surface area contributed by atoms with E-state index in [9.17, 15) is 18.0 Å². The molecule has 0 heterocycles. The molecule has 0 bridgehead atoms. The van der Waals surface area contributed by atoms with Crippen molar-refractivity contribution in [1.29, 1.82) is 0 Å². The highest BCUT2D eigenvalue weighted by atomic mass is 32.2. The van der Waals surface area contributed by atoms with Gasteiger partial charge in [0.25, 0.3) is 5.91 Å². The third kappa shape index (κ3) is 4.06. The van der Waals surface area contributed by atoms with Crippen molar-refractivity contribution in [3.63, 3.8) is 0 Å². The number of halogens is 3. The minimum Gasteiger partial charge on any atom is -0.341 e. The third-order valence-corrected chi connectivity index (χ3v) is 3.40. The molecule has 7 heteroatoms. The van der Waals surface area contributed by atoms with Gasteiger partial charge in [-0.2, -0.15) is 24.9 Å². The fourth-order valence-corrected chi connectivity index (χ4v) is 1.75. The molecular formula is C10H19F3N2OS. The average molecular weight is 272 g/mol. The van der Waals surface area contributed by atoms with E-state index in [1.807, 2.05) is 6.26 Å². The van der Waals surface area contributed by atoms with Crippen molar-refractivity contribution in [3.05, 3.63) is 0 Å². The minimum absolute atomic E-state index is 0.264. The van der Waals surface area contributed by atoms with Gasteiger partial charge in [0.2, 0.25) is 0 Å². The highest BCUT2D eigenvalue weighted by Crippen LogP contribution is 2.29. The number of carbonyl (C=O) groups excluding carboxylic acids is 1. The molecule has 0 aliphatic carbocycles.